The lowest BCUT2D eigenvalue weighted by atomic mass is 9.98. The molecule has 2 heterocycles. The standard InChI is InChI=1S/C21H14N2O4/c24-20(16-10-18(21(25)26)22-11-16)17-12-27-23-19(17)15-8-4-7-14(9-15)13-5-2-1-3-6-13/h1-12,22H,(H,25,26). The molecule has 0 saturated heterocycles. The van der Waals surface area contributed by atoms with Gasteiger partial charge in [0.15, 0.2) is 5.78 Å². The fraction of sp³-hybridized carbons (Fsp3) is 0. The number of hydrogen-bond acceptors (Lipinski definition) is 4. The van der Waals surface area contributed by atoms with Crippen LogP contribution in [0.2, 0.25) is 0 Å². The maximum absolute atomic E-state index is 12.8. The van der Waals surface area contributed by atoms with Gasteiger partial charge in [-0.25, -0.2) is 4.79 Å². The van der Waals surface area contributed by atoms with Crippen LogP contribution in [-0.4, -0.2) is 27.0 Å². The van der Waals surface area contributed by atoms with E-state index >= 15 is 0 Å². The summed E-state index contributed by atoms with van der Waals surface area (Å²) in [4.78, 5) is 26.4. The summed E-state index contributed by atoms with van der Waals surface area (Å²) < 4.78 is 5.05. The number of rotatable bonds is 5. The van der Waals surface area contributed by atoms with Crippen LogP contribution in [-0.2, 0) is 0 Å². The molecule has 2 aromatic carbocycles. The number of aromatic nitrogens is 2. The third kappa shape index (κ3) is 3.16. The predicted octanol–water partition coefficient (Wildman–Crippen LogP) is 4.27. The van der Waals surface area contributed by atoms with E-state index < -0.39 is 5.97 Å². The monoisotopic (exact) mass is 358 g/mol. The second kappa shape index (κ2) is 6.76. The molecule has 6 nitrogen and oxygen atoms in total. The molecule has 2 N–H and O–H groups in total. The lowest BCUT2D eigenvalue weighted by molar-refractivity contribution is 0.0691. The zero-order chi connectivity index (χ0) is 18.8. The van der Waals surface area contributed by atoms with Gasteiger partial charge in [0, 0.05) is 17.3 Å². The Morgan fingerprint density at radius 1 is 0.926 bits per heavy atom. The first-order valence-electron chi connectivity index (χ1n) is 8.20. The van der Waals surface area contributed by atoms with Gasteiger partial charge in [-0.05, 0) is 23.3 Å². The summed E-state index contributed by atoms with van der Waals surface area (Å²) in [6.07, 6.45) is 2.64. The summed E-state index contributed by atoms with van der Waals surface area (Å²) in [5.74, 6) is -1.49. The van der Waals surface area contributed by atoms with Gasteiger partial charge < -0.3 is 14.6 Å². The van der Waals surface area contributed by atoms with Gasteiger partial charge in [0.2, 0.25) is 0 Å². The Labute approximate surface area is 154 Å². The van der Waals surface area contributed by atoms with Crippen molar-refractivity contribution in [2.24, 2.45) is 0 Å². The molecule has 0 aliphatic heterocycles. The molecule has 0 radical (unpaired) electrons. The van der Waals surface area contributed by atoms with Crippen LogP contribution in [0.25, 0.3) is 22.4 Å². The third-order valence-electron chi connectivity index (χ3n) is 4.23. The number of carbonyl (C=O) groups is 2. The number of H-pyrrole nitrogens is 1. The highest BCUT2D eigenvalue weighted by atomic mass is 16.5. The van der Waals surface area contributed by atoms with Gasteiger partial charge in [-0.15, -0.1) is 0 Å². The second-order valence-corrected chi connectivity index (χ2v) is 5.96. The van der Waals surface area contributed by atoms with Gasteiger partial charge in [-0.1, -0.05) is 53.7 Å². The third-order valence-corrected chi connectivity index (χ3v) is 4.23. The number of nitrogens with zero attached hydrogens (tertiary/aromatic N) is 1. The fourth-order valence-electron chi connectivity index (χ4n) is 2.89. The molecule has 0 bridgehead atoms. The van der Waals surface area contributed by atoms with Gasteiger partial charge >= 0.3 is 5.97 Å². The van der Waals surface area contributed by atoms with E-state index in [9.17, 15) is 9.59 Å². The van der Waals surface area contributed by atoms with E-state index in [0.717, 1.165) is 16.7 Å². The highest BCUT2D eigenvalue weighted by Gasteiger charge is 2.21. The average molecular weight is 358 g/mol. The maximum atomic E-state index is 12.8. The Hall–Kier alpha value is -3.93. The van der Waals surface area contributed by atoms with Crippen LogP contribution < -0.4 is 0 Å². The van der Waals surface area contributed by atoms with Crippen LogP contribution in [0.5, 0.6) is 0 Å². The van der Waals surface area contributed by atoms with Crippen molar-refractivity contribution >= 4 is 11.8 Å². The highest BCUT2D eigenvalue weighted by Crippen LogP contribution is 2.29. The molecular formula is C21H14N2O4. The number of ketones is 1. The number of nitrogens with one attached hydrogen (secondary N) is 1. The first-order chi connectivity index (χ1) is 13.1. The van der Waals surface area contributed by atoms with E-state index in [-0.39, 0.29) is 22.6 Å². The minimum Gasteiger partial charge on any atom is -0.477 e. The Balaban J connectivity index is 1.72. The highest BCUT2D eigenvalue weighted by molar-refractivity contribution is 6.12. The normalized spacial score (nSPS) is 10.7. The van der Waals surface area contributed by atoms with Crippen molar-refractivity contribution in [2.75, 3.05) is 0 Å². The van der Waals surface area contributed by atoms with Crippen molar-refractivity contribution in [3.63, 3.8) is 0 Å². The summed E-state index contributed by atoms with van der Waals surface area (Å²) in [6, 6.07) is 18.8. The van der Waals surface area contributed by atoms with Crippen molar-refractivity contribution in [2.45, 2.75) is 0 Å². The van der Waals surface area contributed by atoms with E-state index in [2.05, 4.69) is 10.1 Å². The Bertz CT molecular complexity index is 1130. The van der Waals surface area contributed by atoms with E-state index in [1.165, 1.54) is 18.5 Å². The average Bonchev–Trinajstić information content (AvgIpc) is 3.38. The van der Waals surface area contributed by atoms with Gasteiger partial charge in [0.25, 0.3) is 0 Å². The van der Waals surface area contributed by atoms with Crippen LogP contribution in [0.1, 0.15) is 26.4 Å². The second-order valence-electron chi connectivity index (χ2n) is 5.96. The van der Waals surface area contributed by atoms with Gasteiger partial charge in [-0.2, -0.15) is 0 Å². The zero-order valence-electron chi connectivity index (χ0n) is 14.0. The molecule has 27 heavy (non-hydrogen) atoms. The number of aromatic carboxylic acids is 1. The minimum absolute atomic E-state index is 0.0533. The lowest BCUT2D eigenvalue weighted by Crippen LogP contribution is -2.01. The number of carboxylic acids is 1. The molecule has 0 aliphatic carbocycles. The molecule has 4 aromatic rings. The first kappa shape index (κ1) is 16.5. The topological polar surface area (TPSA) is 96.2 Å². The number of carboxylic acid groups (broad SMARTS) is 1. The predicted molar refractivity (Wildman–Crippen MR) is 98.6 cm³/mol. The van der Waals surface area contributed by atoms with Crippen molar-refractivity contribution < 1.29 is 19.2 Å². The largest absolute Gasteiger partial charge is 0.477 e. The van der Waals surface area contributed by atoms with Crippen LogP contribution in [0.4, 0.5) is 0 Å². The molecule has 0 saturated carbocycles. The Kier molecular flexibility index (Phi) is 4.14. The summed E-state index contributed by atoms with van der Waals surface area (Å²) in [5.41, 5.74) is 3.64. The first-order valence-corrected chi connectivity index (χ1v) is 8.20. The van der Waals surface area contributed by atoms with Crippen LogP contribution in [0, 0.1) is 0 Å². The molecule has 0 aliphatic rings. The fourth-order valence-corrected chi connectivity index (χ4v) is 2.89. The summed E-state index contributed by atoms with van der Waals surface area (Å²) >= 11 is 0. The number of benzene rings is 2. The molecule has 0 fully saturated rings. The Morgan fingerprint density at radius 3 is 2.41 bits per heavy atom. The number of hydrogen-bond donors (Lipinski definition) is 2. The quantitative estimate of drug-likeness (QED) is 0.520. The molecule has 0 atom stereocenters. The minimum atomic E-state index is -1.13. The molecule has 0 amide bonds. The lowest BCUT2D eigenvalue weighted by Gasteiger charge is -2.05. The van der Waals surface area contributed by atoms with Crippen molar-refractivity contribution in [1.29, 1.82) is 0 Å². The molecule has 4 rings (SSSR count). The Morgan fingerprint density at radius 2 is 1.67 bits per heavy atom. The molecule has 2 aromatic heterocycles. The molecule has 6 heteroatoms. The van der Waals surface area contributed by atoms with E-state index in [4.69, 9.17) is 9.63 Å². The SMILES string of the molecule is O=C(O)c1cc(C(=O)c2conc2-c2cccc(-c3ccccc3)c2)c[nH]1. The van der Waals surface area contributed by atoms with Gasteiger partial charge in [-0.3, -0.25) is 4.79 Å². The molecule has 132 valence electrons. The van der Waals surface area contributed by atoms with E-state index in [1.54, 1.807) is 0 Å². The zero-order valence-corrected chi connectivity index (χ0v) is 14.0. The van der Waals surface area contributed by atoms with Crippen molar-refractivity contribution in [1.82, 2.24) is 10.1 Å². The van der Waals surface area contributed by atoms with Crippen LogP contribution in [0.15, 0.2) is 77.6 Å². The number of carbonyl (C=O) groups excluding carboxylic acids is 1. The van der Waals surface area contributed by atoms with Crippen LogP contribution in [0.3, 0.4) is 0 Å². The summed E-state index contributed by atoms with van der Waals surface area (Å²) in [5, 5.41) is 13.0. The van der Waals surface area contributed by atoms with Crippen molar-refractivity contribution in [3.8, 4) is 22.4 Å². The summed E-state index contributed by atoms with van der Waals surface area (Å²) in [6.45, 7) is 0. The molecule has 0 unspecified atom stereocenters. The van der Waals surface area contributed by atoms with Crippen molar-refractivity contribution in [3.05, 3.63) is 89.9 Å². The van der Waals surface area contributed by atoms with Crippen LogP contribution >= 0.6 is 0 Å². The van der Waals surface area contributed by atoms with E-state index in [1.807, 2.05) is 54.6 Å². The maximum Gasteiger partial charge on any atom is 0.352 e. The molecule has 0 spiro atoms. The number of aromatic amines is 1. The summed E-state index contributed by atoms with van der Waals surface area (Å²) in [7, 11) is 0. The van der Waals surface area contributed by atoms with Gasteiger partial charge in [0.05, 0.1) is 5.56 Å². The smallest absolute Gasteiger partial charge is 0.352 e. The molecular weight excluding hydrogens is 344 g/mol. The van der Waals surface area contributed by atoms with Gasteiger partial charge in [0.1, 0.15) is 17.7 Å². The van der Waals surface area contributed by atoms with E-state index in [0.29, 0.717) is 5.69 Å².